The van der Waals surface area contributed by atoms with Gasteiger partial charge in [0, 0.05) is 17.5 Å². The second-order valence-corrected chi connectivity index (χ2v) is 7.02. The van der Waals surface area contributed by atoms with Crippen LogP contribution in [0.2, 0.25) is 0 Å². The Morgan fingerprint density at radius 1 is 1.07 bits per heavy atom. The quantitative estimate of drug-likeness (QED) is 0.438. The molecule has 0 unspecified atom stereocenters. The summed E-state index contributed by atoms with van der Waals surface area (Å²) in [6, 6.07) is 12.0. The van der Waals surface area contributed by atoms with Crippen molar-refractivity contribution < 1.29 is 0 Å². The number of pyridine rings is 1. The lowest BCUT2D eigenvalue weighted by Gasteiger charge is -2.06. The first-order valence-electron chi connectivity index (χ1n) is 9.17. The summed E-state index contributed by atoms with van der Waals surface area (Å²) in [7, 11) is 0. The molecule has 9 heteroatoms. The lowest BCUT2D eigenvalue weighted by Crippen LogP contribution is -2.17. The predicted molar refractivity (Wildman–Crippen MR) is 108 cm³/mol. The van der Waals surface area contributed by atoms with Gasteiger partial charge in [-0.2, -0.15) is 5.21 Å². The SMILES string of the molecule is Cc1cc(-c2ccc(Cn3c(=O)[nH]c4c(C)ccnc43)cc2)c(-c2nn[nH]n2)[nH]1. The number of fused-ring (bicyclic) bond motifs is 1. The number of aromatic amines is 3. The van der Waals surface area contributed by atoms with E-state index in [1.54, 1.807) is 10.8 Å². The fourth-order valence-corrected chi connectivity index (χ4v) is 3.55. The maximum atomic E-state index is 12.4. The molecular formula is C20H18N8O. The van der Waals surface area contributed by atoms with Gasteiger partial charge in [0.05, 0.1) is 17.8 Å². The zero-order valence-corrected chi connectivity index (χ0v) is 15.9. The number of hydrogen-bond donors (Lipinski definition) is 3. The van der Waals surface area contributed by atoms with E-state index < -0.39 is 0 Å². The molecule has 0 radical (unpaired) electrons. The normalized spacial score (nSPS) is 11.4. The van der Waals surface area contributed by atoms with Crippen LogP contribution >= 0.6 is 0 Å². The molecule has 0 fully saturated rings. The van der Waals surface area contributed by atoms with Gasteiger partial charge in [0.25, 0.3) is 0 Å². The molecule has 0 atom stereocenters. The third kappa shape index (κ3) is 2.92. The van der Waals surface area contributed by atoms with E-state index in [9.17, 15) is 4.79 Å². The van der Waals surface area contributed by atoms with Crippen LogP contribution in [-0.2, 0) is 6.54 Å². The molecule has 9 nitrogen and oxygen atoms in total. The number of tetrazole rings is 1. The van der Waals surface area contributed by atoms with Crippen molar-refractivity contribution in [3.63, 3.8) is 0 Å². The van der Waals surface area contributed by atoms with Gasteiger partial charge >= 0.3 is 5.69 Å². The molecule has 1 aromatic carbocycles. The topological polar surface area (TPSA) is 121 Å². The highest BCUT2D eigenvalue weighted by Crippen LogP contribution is 2.30. The highest BCUT2D eigenvalue weighted by molar-refractivity contribution is 5.79. The number of aryl methyl sites for hydroxylation is 2. The Balaban J connectivity index is 1.49. The molecular weight excluding hydrogens is 368 g/mol. The molecule has 4 heterocycles. The highest BCUT2D eigenvalue weighted by Gasteiger charge is 2.15. The van der Waals surface area contributed by atoms with Crippen LogP contribution in [-0.4, -0.2) is 40.1 Å². The van der Waals surface area contributed by atoms with Crippen molar-refractivity contribution in [2.24, 2.45) is 0 Å². The maximum Gasteiger partial charge on any atom is 0.327 e. The summed E-state index contributed by atoms with van der Waals surface area (Å²) in [4.78, 5) is 23.0. The first-order chi connectivity index (χ1) is 14.1. The summed E-state index contributed by atoms with van der Waals surface area (Å²) < 4.78 is 1.66. The Morgan fingerprint density at radius 3 is 2.66 bits per heavy atom. The van der Waals surface area contributed by atoms with Crippen LogP contribution in [0.15, 0.2) is 47.4 Å². The minimum Gasteiger partial charge on any atom is -0.355 e. The van der Waals surface area contributed by atoms with Crippen molar-refractivity contribution in [3.8, 4) is 22.6 Å². The van der Waals surface area contributed by atoms with E-state index in [2.05, 4.69) is 41.6 Å². The van der Waals surface area contributed by atoms with Crippen molar-refractivity contribution in [2.45, 2.75) is 20.4 Å². The van der Waals surface area contributed by atoms with Crippen LogP contribution in [0.5, 0.6) is 0 Å². The minimum atomic E-state index is -0.161. The largest absolute Gasteiger partial charge is 0.355 e. The Bertz CT molecular complexity index is 1360. The van der Waals surface area contributed by atoms with Crippen LogP contribution in [0, 0.1) is 13.8 Å². The number of H-pyrrole nitrogens is 3. The first-order valence-corrected chi connectivity index (χ1v) is 9.17. The monoisotopic (exact) mass is 386 g/mol. The number of nitrogens with zero attached hydrogens (tertiary/aromatic N) is 5. The number of aromatic nitrogens is 8. The standard InChI is InChI=1S/C20H18N8O/c1-11-7-8-21-19-16(11)23-20(29)28(19)10-13-3-5-14(6-4-13)15-9-12(2)22-17(15)18-24-26-27-25-18/h3-9,22H,10H2,1-2H3,(H,23,29)(H,24,25,26,27). The molecule has 0 bridgehead atoms. The second-order valence-electron chi connectivity index (χ2n) is 7.02. The Kier molecular flexibility index (Phi) is 3.87. The van der Waals surface area contributed by atoms with Gasteiger partial charge in [-0.3, -0.25) is 4.57 Å². The van der Waals surface area contributed by atoms with Crippen LogP contribution in [0.25, 0.3) is 33.8 Å². The lowest BCUT2D eigenvalue weighted by molar-refractivity contribution is 0.778. The molecule has 29 heavy (non-hydrogen) atoms. The first kappa shape index (κ1) is 17.1. The van der Waals surface area contributed by atoms with Crippen molar-refractivity contribution in [1.82, 2.24) is 40.1 Å². The summed E-state index contributed by atoms with van der Waals surface area (Å²) in [5.74, 6) is 0.518. The van der Waals surface area contributed by atoms with Gasteiger partial charge in [0.2, 0.25) is 5.82 Å². The van der Waals surface area contributed by atoms with Gasteiger partial charge in [-0.15, -0.1) is 10.2 Å². The third-order valence-electron chi connectivity index (χ3n) is 5.00. The Labute approximate surface area is 164 Å². The fourth-order valence-electron chi connectivity index (χ4n) is 3.55. The number of imidazole rings is 1. The average Bonchev–Trinajstić information content (AvgIpc) is 3.43. The van der Waals surface area contributed by atoms with E-state index in [1.807, 2.05) is 44.2 Å². The maximum absolute atomic E-state index is 12.4. The smallest absolute Gasteiger partial charge is 0.327 e. The lowest BCUT2D eigenvalue weighted by atomic mass is 10.0. The van der Waals surface area contributed by atoms with Gasteiger partial charge in [-0.1, -0.05) is 24.3 Å². The van der Waals surface area contributed by atoms with E-state index in [0.717, 1.165) is 39.2 Å². The highest BCUT2D eigenvalue weighted by atomic mass is 16.1. The predicted octanol–water partition coefficient (Wildman–Crippen LogP) is 2.56. The molecule has 0 amide bonds. The fraction of sp³-hybridized carbons (Fsp3) is 0.150. The molecule has 0 aliphatic heterocycles. The molecule has 0 aliphatic carbocycles. The average molecular weight is 386 g/mol. The van der Waals surface area contributed by atoms with Gasteiger partial charge in [0.1, 0.15) is 0 Å². The second kappa shape index (κ2) is 6.55. The number of benzene rings is 1. The zero-order valence-electron chi connectivity index (χ0n) is 15.9. The van der Waals surface area contributed by atoms with E-state index in [0.29, 0.717) is 18.0 Å². The third-order valence-corrected chi connectivity index (χ3v) is 5.00. The van der Waals surface area contributed by atoms with Crippen LogP contribution < -0.4 is 5.69 Å². The van der Waals surface area contributed by atoms with E-state index in [-0.39, 0.29) is 5.69 Å². The number of nitrogens with one attached hydrogen (secondary N) is 3. The molecule has 4 aromatic heterocycles. The number of rotatable bonds is 4. The van der Waals surface area contributed by atoms with Gasteiger partial charge < -0.3 is 9.97 Å². The summed E-state index contributed by atoms with van der Waals surface area (Å²) in [5, 5.41) is 14.3. The Morgan fingerprint density at radius 2 is 1.90 bits per heavy atom. The zero-order chi connectivity index (χ0) is 20.0. The molecule has 5 rings (SSSR count). The molecule has 144 valence electrons. The summed E-state index contributed by atoms with van der Waals surface area (Å²) in [6.07, 6.45) is 1.72. The molecule has 5 aromatic rings. The van der Waals surface area contributed by atoms with Crippen LogP contribution in [0.3, 0.4) is 0 Å². The van der Waals surface area contributed by atoms with E-state index in [1.165, 1.54) is 0 Å². The minimum absolute atomic E-state index is 0.161. The van der Waals surface area contributed by atoms with Crippen molar-refractivity contribution >= 4 is 11.2 Å². The summed E-state index contributed by atoms with van der Waals surface area (Å²) in [6.45, 7) is 4.39. The van der Waals surface area contributed by atoms with E-state index >= 15 is 0 Å². The van der Waals surface area contributed by atoms with Gasteiger partial charge in [-0.25, -0.2) is 9.78 Å². The van der Waals surface area contributed by atoms with Gasteiger partial charge in [0.15, 0.2) is 5.65 Å². The van der Waals surface area contributed by atoms with Crippen molar-refractivity contribution in [1.29, 1.82) is 0 Å². The Hall–Kier alpha value is -4.01. The van der Waals surface area contributed by atoms with Crippen molar-refractivity contribution in [2.75, 3.05) is 0 Å². The van der Waals surface area contributed by atoms with E-state index in [4.69, 9.17) is 0 Å². The molecule has 0 aliphatic rings. The molecule has 3 N–H and O–H groups in total. The van der Waals surface area contributed by atoms with Crippen LogP contribution in [0.1, 0.15) is 16.8 Å². The van der Waals surface area contributed by atoms with Crippen molar-refractivity contribution in [3.05, 3.63) is 69.9 Å². The molecule has 0 saturated carbocycles. The number of hydrogen-bond acceptors (Lipinski definition) is 5. The van der Waals surface area contributed by atoms with Crippen LogP contribution in [0.4, 0.5) is 0 Å². The summed E-state index contributed by atoms with van der Waals surface area (Å²) >= 11 is 0. The molecule has 0 saturated heterocycles. The summed E-state index contributed by atoms with van der Waals surface area (Å²) in [5.41, 5.74) is 7.14. The molecule has 0 spiro atoms. The van der Waals surface area contributed by atoms with Gasteiger partial charge in [-0.05, 0) is 47.9 Å².